The van der Waals surface area contributed by atoms with Gasteiger partial charge in [-0.15, -0.1) is 0 Å². The summed E-state index contributed by atoms with van der Waals surface area (Å²) >= 11 is 0. The zero-order valence-electron chi connectivity index (χ0n) is 10.5. The van der Waals surface area contributed by atoms with Crippen molar-refractivity contribution in [2.24, 2.45) is 5.92 Å². The predicted octanol–water partition coefficient (Wildman–Crippen LogP) is 1.05. The highest BCUT2D eigenvalue weighted by atomic mass is 16.5. The van der Waals surface area contributed by atoms with E-state index < -0.39 is 0 Å². The van der Waals surface area contributed by atoms with Gasteiger partial charge in [0.2, 0.25) is 0 Å². The molecule has 1 atom stereocenters. The van der Waals surface area contributed by atoms with E-state index in [2.05, 4.69) is 12.2 Å². The lowest BCUT2D eigenvalue weighted by Crippen LogP contribution is -2.34. The summed E-state index contributed by atoms with van der Waals surface area (Å²) in [5.74, 6) is 0.662. The van der Waals surface area contributed by atoms with Crippen LogP contribution in [-0.4, -0.2) is 52.7 Å². The normalized spacial score (nSPS) is 19.9. The number of hydrogen-bond donors (Lipinski definition) is 1. The first kappa shape index (κ1) is 13.9. The van der Waals surface area contributed by atoms with Crippen molar-refractivity contribution < 1.29 is 14.2 Å². The Bertz CT molecular complexity index is 160. The van der Waals surface area contributed by atoms with Gasteiger partial charge in [-0.05, 0) is 25.3 Å². The summed E-state index contributed by atoms with van der Waals surface area (Å²) < 4.78 is 16.4. The second-order valence-corrected chi connectivity index (χ2v) is 4.27. The highest BCUT2D eigenvalue weighted by Crippen LogP contribution is 2.15. The number of ether oxygens (including phenoxy) is 3. The molecule has 0 amide bonds. The smallest absolute Gasteiger partial charge is 0.0932 e. The number of methoxy groups -OCH3 is 1. The molecule has 0 aromatic heterocycles. The van der Waals surface area contributed by atoms with Crippen molar-refractivity contribution in [3.05, 3.63) is 0 Å². The zero-order chi connectivity index (χ0) is 11.6. The minimum absolute atomic E-state index is 0.174. The van der Waals surface area contributed by atoms with Crippen LogP contribution < -0.4 is 5.32 Å². The Kier molecular flexibility index (Phi) is 7.76. The van der Waals surface area contributed by atoms with Gasteiger partial charge >= 0.3 is 0 Å². The van der Waals surface area contributed by atoms with Crippen LogP contribution in [-0.2, 0) is 14.2 Å². The van der Waals surface area contributed by atoms with Crippen molar-refractivity contribution in [1.82, 2.24) is 5.32 Å². The highest BCUT2D eigenvalue weighted by Gasteiger charge is 2.16. The monoisotopic (exact) mass is 231 g/mol. The molecule has 1 rings (SSSR count). The molecule has 16 heavy (non-hydrogen) atoms. The molecular weight excluding hydrogens is 206 g/mol. The van der Waals surface area contributed by atoms with Gasteiger partial charge in [0.25, 0.3) is 0 Å². The first-order chi connectivity index (χ1) is 7.86. The van der Waals surface area contributed by atoms with Crippen LogP contribution in [0.25, 0.3) is 0 Å². The molecule has 1 aliphatic rings. The third kappa shape index (κ3) is 5.80. The van der Waals surface area contributed by atoms with E-state index in [-0.39, 0.29) is 6.10 Å². The summed E-state index contributed by atoms with van der Waals surface area (Å²) in [6, 6.07) is 0. The van der Waals surface area contributed by atoms with E-state index in [0.717, 1.165) is 45.8 Å². The van der Waals surface area contributed by atoms with Crippen molar-refractivity contribution in [1.29, 1.82) is 0 Å². The molecule has 0 bridgehead atoms. The van der Waals surface area contributed by atoms with Gasteiger partial charge in [0.05, 0.1) is 19.3 Å². The Labute approximate surface area is 98.6 Å². The van der Waals surface area contributed by atoms with Gasteiger partial charge in [-0.1, -0.05) is 6.92 Å². The summed E-state index contributed by atoms with van der Waals surface area (Å²) in [7, 11) is 1.72. The Balaban J connectivity index is 2.14. The molecule has 1 N–H and O–H groups in total. The summed E-state index contributed by atoms with van der Waals surface area (Å²) in [5.41, 5.74) is 0. The van der Waals surface area contributed by atoms with Crippen molar-refractivity contribution in [2.75, 3.05) is 46.6 Å². The van der Waals surface area contributed by atoms with Crippen molar-refractivity contribution in [3.8, 4) is 0 Å². The Morgan fingerprint density at radius 3 is 2.75 bits per heavy atom. The number of likely N-dealkylation sites (N-methyl/N-ethyl adjacent to an activating group) is 1. The molecule has 1 unspecified atom stereocenters. The van der Waals surface area contributed by atoms with Gasteiger partial charge in [0.1, 0.15) is 0 Å². The molecule has 0 saturated carbocycles. The topological polar surface area (TPSA) is 39.7 Å². The molecular formula is C12H25NO3. The van der Waals surface area contributed by atoms with Gasteiger partial charge in [-0.3, -0.25) is 0 Å². The van der Waals surface area contributed by atoms with E-state index in [1.54, 1.807) is 7.11 Å². The number of rotatable bonds is 8. The maximum atomic E-state index is 5.88. The van der Waals surface area contributed by atoms with E-state index in [1.165, 1.54) is 0 Å². The minimum Gasteiger partial charge on any atom is -0.382 e. The summed E-state index contributed by atoms with van der Waals surface area (Å²) in [5, 5.41) is 3.29. The Morgan fingerprint density at radius 1 is 1.38 bits per heavy atom. The molecule has 4 nitrogen and oxygen atoms in total. The molecule has 0 aromatic rings. The van der Waals surface area contributed by atoms with Gasteiger partial charge in [0, 0.05) is 26.9 Å². The van der Waals surface area contributed by atoms with E-state index in [4.69, 9.17) is 14.2 Å². The predicted molar refractivity (Wildman–Crippen MR) is 63.7 cm³/mol. The molecule has 96 valence electrons. The molecule has 0 radical (unpaired) electrons. The first-order valence-corrected chi connectivity index (χ1v) is 6.25. The molecule has 0 aliphatic carbocycles. The highest BCUT2D eigenvalue weighted by molar-refractivity contribution is 4.66. The van der Waals surface area contributed by atoms with Crippen LogP contribution >= 0.6 is 0 Å². The van der Waals surface area contributed by atoms with Crippen LogP contribution in [0.3, 0.4) is 0 Å². The largest absolute Gasteiger partial charge is 0.382 e. The standard InChI is InChI=1S/C12H25NO3/c1-3-13-8-12(10-14-2)16-9-11-4-6-15-7-5-11/h11-13H,3-10H2,1-2H3. The fourth-order valence-corrected chi connectivity index (χ4v) is 1.84. The third-order valence-corrected chi connectivity index (χ3v) is 2.88. The lowest BCUT2D eigenvalue weighted by atomic mass is 10.0. The first-order valence-electron chi connectivity index (χ1n) is 6.25. The molecule has 0 aromatic carbocycles. The average Bonchev–Trinajstić information content (AvgIpc) is 2.34. The van der Waals surface area contributed by atoms with Crippen LogP contribution in [0.5, 0.6) is 0 Å². The Hall–Kier alpha value is -0.160. The van der Waals surface area contributed by atoms with Crippen LogP contribution in [0.2, 0.25) is 0 Å². The average molecular weight is 231 g/mol. The summed E-state index contributed by atoms with van der Waals surface area (Å²) in [6.07, 6.45) is 2.43. The fourth-order valence-electron chi connectivity index (χ4n) is 1.84. The second kappa shape index (κ2) is 8.93. The fraction of sp³-hybridized carbons (Fsp3) is 1.00. The maximum absolute atomic E-state index is 5.88. The van der Waals surface area contributed by atoms with Crippen LogP contribution in [0.1, 0.15) is 19.8 Å². The molecule has 4 heteroatoms. The van der Waals surface area contributed by atoms with E-state index in [0.29, 0.717) is 12.5 Å². The van der Waals surface area contributed by atoms with E-state index in [1.807, 2.05) is 0 Å². The van der Waals surface area contributed by atoms with Crippen molar-refractivity contribution in [2.45, 2.75) is 25.9 Å². The maximum Gasteiger partial charge on any atom is 0.0932 e. The van der Waals surface area contributed by atoms with Crippen LogP contribution in [0.15, 0.2) is 0 Å². The van der Waals surface area contributed by atoms with Gasteiger partial charge in [-0.25, -0.2) is 0 Å². The lowest BCUT2D eigenvalue weighted by Gasteiger charge is -2.25. The van der Waals surface area contributed by atoms with Crippen molar-refractivity contribution in [3.63, 3.8) is 0 Å². The van der Waals surface area contributed by atoms with Crippen molar-refractivity contribution >= 4 is 0 Å². The number of hydrogen-bond acceptors (Lipinski definition) is 4. The van der Waals surface area contributed by atoms with Crippen LogP contribution in [0.4, 0.5) is 0 Å². The second-order valence-electron chi connectivity index (χ2n) is 4.27. The molecule has 1 fully saturated rings. The third-order valence-electron chi connectivity index (χ3n) is 2.88. The van der Waals surface area contributed by atoms with E-state index in [9.17, 15) is 0 Å². The van der Waals surface area contributed by atoms with E-state index >= 15 is 0 Å². The quantitative estimate of drug-likeness (QED) is 0.678. The van der Waals surface area contributed by atoms with Gasteiger partial charge in [-0.2, -0.15) is 0 Å². The lowest BCUT2D eigenvalue weighted by molar-refractivity contribution is -0.0366. The van der Waals surface area contributed by atoms with Crippen LogP contribution in [0, 0.1) is 5.92 Å². The van der Waals surface area contributed by atoms with Gasteiger partial charge < -0.3 is 19.5 Å². The summed E-state index contributed by atoms with van der Waals surface area (Å²) in [4.78, 5) is 0. The summed E-state index contributed by atoms with van der Waals surface area (Å²) in [6.45, 7) is 7.21. The molecule has 1 heterocycles. The van der Waals surface area contributed by atoms with Gasteiger partial charge in [0.15, 0.2) is 0 Å². The molecule has 1 saturated heterocycles. The molecule has 0 spiro atoms. The minimum atomic E-state index is 0.174. The molecule has 1 aliphatic heterocycles. The zero-order valence-corrected chi connectivity index (χ0v) is 10.5. The Morgan fingerprint density at radius 2 is 2.12 bits per heavy atom. The SMILES string of the molecule is CCNCC(COC)OCC1CCOCC1. The number of nitrogens with one attached hydrogen (secondary N) is 1.